The lowest BCUT2D eigenvalue weighted by Gasteiger charge is -2.06. The maximum absolute atomic E-state index is 3.97. The van der Waals surface area contributed by atoms with E-state index in [4.69, 9.17) is 0 Å². The van der Waals surface area contributed by atoms with Gasteiger partial charge in [-0.05, 0) is 24.0 Å². The van der Waals surface area contributed by atoms with Crippen LogP contribution >= 0.6 is 0 Å². The topological polar surface area (TPSA) is 12.0 Å². The maximum atomic E-state index is 3.97. The van der Waals surface area contributed by atoms with Crippen LogP contribution in [-0.2, 0) is 0 Å². The van der Waals surface area contributed by atoms with E-state index in [1.54, 1.807) is 0 Å². The Morgan fingerprint density at radius 1 is 1.50 bits per heavy atom. The molecule has 0 aromatic carbocycles. The minimum absolute atomic E-state index is 0.953. The van der Waals surface area contributed by atoms with E-state index >= 15 is 0 Å². The largest absolute Gasteiger partial charge is 0.384 e. The summed E-state index contributed by atoms with van der Waals surface area (Å²) in [6.07, 6.45) is 6.75. The predicted molar refractivity (Wildman–Crippen MR) is 42.5 cm³/mol. The summed E-state index contributed by atoms with van der Waals surface area (Å²) in [5.41, 5.74) is 3.99. The SMILES string of the molecule is C=C1CNC2=C1C=CCC2. The molecule has 0 radical (unpaired) electrons. The van der Waals surface area contributed by atoms with Gasteiger partial charge < -0.3 is 5.32 Å². The second kappa shape index (κ2) is 2.01. The zero-order valence-electron chi connectivity index (χ0n) is 5.98. The first kappa shape index (κ1) is 5.78. The summed E-state index contributed by atoms with van der Waals surface area (Å²) in [4.78, 5) is 0. The van der Waals surface area contributed by atoms with E-state index in [0.717, 1.165) is 6.54 Å². The maximum Gasteiger partial charge on any atom is 0.0398 e. The van der Waals surface area contributed by atoms with Crippen molar-refractivity contribution in [1.29, 1.82) is 0 Å². The second-order valence-electron chi connectivity index (χ2n) is 2.79. The van der Waals surface area contributed by atoms with Crippen LogP contribution in [0.2, 0.25) is 0 Å². The molecule has 0 spiro atoms. The lowest BCUT2D eigenvalue weighted by atomic mass is 10.0. The molecule has 1 aliphatic carbocycles. The smallest absolute Gasteiger partial charge is 0.0398 e. The first-order chi connectivity index (χ1) is 4.88. The Bertz CT molecular complexity index is 229. The summed E-state index contributed by atoms with van der Waals surface area (Å²) in [5, 5.41) is 3.34. The van der Waals surface area contributed by atoms with Gasteiger partial charge in [-0.25, -0.2) is 0 Å². The van der Waals surface area contributed by atoms with Crippen molar-refractivity contribution in [2.24, 2.45) is 0 Å². The number of allylic oxidation sites excluding steroid dienone is 3. The van der Waals surface area contributed by atoms with Gasteiger partial charge in [0.15, 0.2) is 0 Å². The van der Waals surface area contributed by atoms with Gasteiger partial charge in [-0.2, -0.15) is 0 Å². The van der Waals surface area contributed by atoms with Crippen LogP contribution < -0.4 is 5.32 Å². The molecule has 1 heteroatoms. The highest BCUT2D eigenvalue weighted by atomic mass is 14.9. The molecule has 2 rings (SSSR count). The molecule has 1 N–H and O–H groups in total. The summed E-state index contributed by atoms with van der Waals surface area (Å²) in [7, 11) is 0. The molecule has 0 unspecified atom stereocenters. The Kier molecular flexibility index (Phi) is 1.16. The Balaban J connectivity index is 2.38. The van der Waals surface area contributed by atoms with Crippen molar-refractivity contribution in [3.63, 3.8) is 0 Å². The highest BCUT2D eigenvalue weighted by Gasteiger charge is 2.16. The van der Waals surface area contributed by atoms with Gasteiger partial charge >= 0.3 is 0 Å². The molecule has 52 valence electrons. The molecular formula is C9H11N. The molecule has 1 aliphatic heterocycles. The Hall–Kier alpha value is -0.980. The van der Waals surface area contributed by atoms with Crippen LogP contribution in [-0.4, -0.2) is 6.54 Å². The van der Waals surface area contributed by atoms with E-state index in [-0.39, 0.29) is 0 Å². The third-order valence-corrected chi connectivity index (χ3v) is 2.07. The van der Waals surface area contributed by atoms with Crippen LogP contribution in [0.1, 0.15) is 12.8 Å². The van der Waals surface area contributed by atoms with Crippen molar-refractivity contribution in [2.75, 3.05) is 6.54 Å². The number of rotatable bonds is 0. The monoisotopic (exact) mass is 133 g/mol. The van der Waals surface area contributed by atoms with Crippen LogP contribution in [0, 0.1) is 0 Å². The summed E-state index contributed by atoms with van der Waals surface area (Å²) in [6, 6.07) is 0. The van der Waals surface area contributed by atoms with E-state index in [9.17, 15) is 0 Å². The van der Waals surface area contributed by atoms with Gasteiger partial charge in [-0.15, -0.1) is 0 Å². The van der Waals surface area contributed by atoms with Crippen LogP contribution in [0.4, 0.5) is 0 Å². The van der Waals surface area contributed by atoms with Gasteiger partial charge in [0.05, 0.1) is 0 Å². The molecule has 0 saturated heterocycles. The highest BCUT2D eigenvalue weighted by Crippen LogP contribution is 2.26. The Morgan fingerprint density at radius 2 is 2.40 bits per heavy atom. The molecule has 1 heterocycles. The van der Waals surface area contributed by atoms with Gasteiger partial charge in [-0.3, -0.25) is 0 Å². The standard InChI is InChI=1S/C9H11N/c1-7-6-10-9-5-3-2-4-8(7)9/h2,4,10H,1,3,5-6H2. The molecule has 0 amide bonds. The average molecular weight is 133 g/mol. The first-order valence-electron chi connectivity index (χ1n) is 3.69. The molecule has 0 saturated carbocycles. The molecular weight excluding hydrogens is 122 g/mol. The Labute approximate surface area is 61.1 Å². The number of nitrogens with one attached hydrogen (secondary N) is 1. The molecule has 0 aromatic heterocycles. The predicted octanol–water partition coefficient (Wildman–Crippen LogP) is 1.75. The molecule has 0 fully saturated rings. The number of hydrogen-bond donors (Lipinski definition) is 1. The zero-order valence-corrected chi connectivity index (χ0v) is 5.98. The minimum Gasteiger partial charge on any atom is -0.384 e. The summed E-state index contributed by atoms with van der Waals surface area (Å²) in [5.74, 6) is 0. The molecule has 0 atom stereocenters. The molecule has 0 aromatic rings. The van der Waals surface area contributed by atoms with Crippen molar-refractivity contribution in [3.05, 3.63) is 35.6 Å². The molecule has 10 heavy (non-hydrogen) atoms. The van der Waals surface area contributed by atoms with E-state index in [1.165, 1.54) is 29.7 Å². The fourth-order valence-corrected chi connectivity index (χ4v) is 1.49. The lowest BCUT2D eigenvalue weighted by Crippen LogP contribution is -2.07. The van der Waals surface area contributed by atoms with Crippen molar-refractivity contribution in [2.45, 2.75) is 12.8 Å². The van der Waals surface area contributed by atoms with Crippen molar-refractivity contribution in [3.8, 4) is 0 Å². The summed E-state index contributed by atoms with van der Waals surface area (Å²) < 4.78 is 0. The van der Waals surface area contributed by atoms with Gasteiger partial charge in [0.25, 0.3) is 0 Å². The van der Waals surface area contributed by atoms with Crippen LogP contribution in [0.5, 0.6) is 0 Å². The van der Waals surface area contributed by atoms with E-state index in [1.807, 2.05) is 0 Å². The normalized spacial score (nSPS) is 23.0. The molecule has 1 nitrogen and oxygen atoms in total. The summed E-state index contributed by atoms with van der Waals surface area (Å²) in [6.45, 7) is 4.92. The fraction of sp³-hybridized carbons (Fsp3) is 0.333. The molecule has 0 bridgehead atoms. The fourth-order valence-electron chi connectivity index (χ4n) is 1.49. The van der Waals surface area contributed by atoms with Crippen LogP contribution in [0.3, 0.4) is 0 Å². The quantitative estimate of drug-likeness (QED) is 0.531. The molecule has 2 aliphatic rings. The third-order valence-electron chi connectivity index (χ3n) is 2.07. The van der Waals surface area contributed by atoms with E-state index in [2.05, 4.69) is 24.0 Å². The highest BCUT2D eigenvalue weighted by molar-refractivity contribution is 5.48. The van der Waals surface area contributed by atoms with Crippen molar-refractivity contribution in [1.82, 2.24) is 5.32 Å². The van der Waals surface area contributed by atoms with Gasteiger partial charge in [-0.1, -0.05) is 18.7 Å². The van der Waals surface area contributed by atoms with Crippen molar-refractivity contribution >= 4 is 0 Å². The van der Waals surface area contributed by atoms with Crippen LogP contribution in [0.25, 0.3) is 0 Å². The van der Waals surface area contributed by atoms with E-state index < -0.39 is 0 Å². The number of hydrogen-bond acceptors (Lipinski definition) is 1. The Morgan fingerprint density at radius 3 is 3.20 bits per heavy atom. The summed E-state index contributed by atoms with van der Waals surface area (Å²) >= 11 is 0. The zero-order chi connectivity index (χ0) is 6.97. The van der Waals surface area contributed by atoms with Gasteiger partial charge in [0.2, 0.25) is 0 Å². The van der Waals surface area contributed by atoms with Crippen LogP contribution in [0.15, 0.2) is 35.6 Å². The first-order valence-corrected chi connectivity index (χ1v) is 3.69. The van der Waals surface area contributed by atoms with Gasteiger partial charge in [0.1, 0.15) is 0 Å². The van der Waals surface area contributed by atoms with Gasteiger partial charge in [0, 0.05) is 12.2 Å². The lowest BCUT2D eigenvalue weighted by molar-refractivity contribution is 0.830. The van der Waals surface area contributed by atoms with Crippen molar-refractivity contribution < 1.29 is 0 Å². The van der Waals surface area contributed by atoms with E-state index in [0.29, 0.717) is 0 Å². The average Bonchev–Trinajstić information content (AvgIpc) is 2.34. The second-order valence-corrected chi connectivity index (χ2v) is 2.79. The minimum atomic E-state index is 0.953. The third kappa shape index (κ3) is 0.703.